The van der Waals surface area contributed by atoms with Crippen LogP contribution in [-0.4, -0.2) is 68.4 Å². The molecular weight excluding hydrogens is 601 g/mol. The molecule has 0 radical (unpaired) electrons. The maximum atomic E-state index is 10.4. The number of thiol groups is 3. The topological polar surface area (TPSA) is 173 Å². The summed E-state index contributed by atoms with van der Waals surface area (Å²) in [5.74, 6) is -2.75. The summed E-state index contributed by atoms with van der Waals surface area (Å²) in [7, 11) is 0. The maximum Gasteiger partial charge on any atom is 0.320 e. The van der Waals surface area contributed by atoms with Crippen molar-refractivity contribution in [2.45, 2.75) is 29.1 Å². The molecule has 0 aromatic heterocycles. The Hall–Kier alpha value is -3.00. The molecule has 3 atom stereocenters. The maximum absolute atomic E-state index is 10.4. The molecule has 3 aromatic carbocycles. The van der Waals surface area contributed by atoms with E-state index in [1.807, 2.05) is 25.1 Å². The number of aliphatic hydroxyl groups is 3. The van der Waals surface area contributed by atoms with Gasteiger partial charge in [-0.15, -0.1) is 0 Å². The van der Waals surface area contributed by atoms with E-state index in [1.54, 1.807) is 72.8 Å². The third-order valence-electron chi connectivity index (χ3n) is 5.80. The molecule has 3 aromatic rings. The van der Waals surface area contributed by atoms with Crippen molar-refractivity contribution in [2.24, 2.45) is 5.41 Å². The highest BCUT2D eigenvalue weighted by Gasteiger charge is 2.25. The Morgan fingerprint density at radius 2 is 0.762 bits per heavy atom. The SMILES string of the molecule is CCC(CO)(CO)CO.O=C(O)C(S)c1ccccc1.O=C(O)C(S)c1ccccc1.O=C(O)C(S)c1ccccc1. The molecule has 0 heterocycles. The molecular formula is C30H38O9S3. The van der Waals surface area contributed by atoms with Crippen LogP contribution in [0.25, 0.3) is 0 Å². The van der Waals surface area contributed by atoms with Crippen LogP contribution in [0.3, 0.4) is 0 Å². The summed E-state index contributed by atoms with van der Waals surface area (Å²) in [5, 5.41) is 49.5. The Kier molecular flexibility index (Phi) is 20.1. The van der Waals surface area contributed by atoms with Gasteiger partial charge in [-0.3, -0.25) is 14.4 Å². The highest BCUT2D eigenvalue weighted by atomic mass is 32.1. The minimum atomic E-state index is -0.917. The Balaban J connectivity index is 0.000000536. The van der Waals surface area contributed by atoms with Crippen LogP contribution in [0.15, 0.2) is 91.0 Å². The van der Waals surface area contributed by atoms with Gasteiger partial charge < -0.3 is 30.6 Å². The van der Waals surface area contributed by atoms with E-state index < -0.39 is 39.1 Å². The lowest BCUT2D eigenvalue weighted by atomic mass is 9.88. The van der Waals surface area contributed by atoms with Crippen molar-refractivity contribution in [3.05, 3.63) is 108 Å². The molecule has 0 aliphatic heterocycles. The minimum absolute atomic E-state index is 0.156. The Morgan fingerprint density at radius 1 is 0.548 bits per heavy atom. The zero-order valence-electron chi connectivity index (χ0n) is 23.0. The van der Waals surface area contributed by atoms with Gasteiger partial charge in [0.05, 0.1) is 19.8 Å². The Labute approximate surface area is 262 Å². The number of carboxylic acid groups (broad SMARTS) is 3. The van der Waals surface area contributed by atoms with Crippen LogP contribution >= 0.6 is 37.9 Å². The first-order valence-electron chi connectivity index (χ1n) is 12.6. The Bertz CT molecular complexity index is 1010. The smallest absolute Gasteiger partial charge is 0.320 e. The number of hydrogen-bond acceptors (Lipinski definition) is 9. The van der Waals surface area contributed by atoms with Gasteiger partial charge in [0.15, 0.2) is 0 Å². The predicted octanol–water partition coefficient (Wildman–Crippen LogP) is 4.59. The van der Waals surface area contributed by atoms with Crippen molar-refractivity contribution >= 4 is 55.8 Å². The van der Waals surface area contributed by atoms with Crippen molar-refractivity contribution in [1.82, 2.24) is 0 Å². The molecule has 42 heavy (non-hydrogen) atoms. The van der Waals surface area contributed by atoms with E-state index in [9.17, 15) is 14.4 Å². The zero-order valence-corrected chi connectivity index (χ0v) is 25.7. The first-order chi connectivity index (χ1) is 19.9. The summed E-state index contributed by atoms with van der Waals surface area (Å²) in [4.78, 5) is 31.3. The van der Waals surface area contributed by atoms with Crippen LogP contribution in [0.4, 0.5) is 0 Å². The fourth-order valence-corrected chi connectivity index (χ4v) is 3.34. The van der Waals surface area contributed by atoms with Gasteiger partial charge in [-0.05, 0) is 23.1 Å². The third kappa shape index (κ3) is 14.8. The van der Waals surface area contributed by atoms with Gasteiger partial charge in [-0.2, -0.15) is 37.9 Å². The largest absolute Gasteiger partial charge is 0.480 e. The molecule has 0 fully saturated rings. The zero-order chi connectivity index (χ0) is 32.1. The van der Waals surface area contributed by atoms with Crippen molar-refractivity contribution in [1.29, 1.82) is 0 Å². The summed E-state index contributed by atoms with van der Waals surface area (Å²) in [5.41, 5.74) is 1.47. The van der Waals surface area contributed by atoms with E-state index in [0.29, 0.717) is 23.1 Å². The molecule has 3 unspecified atom stereocenters. The summed E-state index contributed by atoms with van der Waals surface area (Å²) in [6.45, 7) is 1.35. The number of carboxylic acids is 3. The molecule has 230 valence electrons. The summed E-state index contributed by atoms with van der Waals surface area (Å²) in [6.07, 6.45) is 0.594. The van der Waals surface area contributed by atoms with E-state index in [1.165, 1.54) is 0 Å². The van der Waals surface area contributed by atoms with E-state index in [0.717, 1.165) is 0 Å². The lowest BCUT2D eigenvalue weighted by Crippen LogP contribution is -2.32. The first kappa shape index (κ1) is 39.0. The first-order valence-corrected chi connectivity index (χ1v) is 14.1. The van der Waals surface area contributed by atoms with Crippen LogP contribution in [0.2, 0.25) is 0 Å². The normalized spacial score (nSPS) is 12.4. The average molecular weight is 639 g/mol. The van der Waals surface area contributed by atoms with E-state index in [2.05, 4.69) is 37.9 Å². The van der Waals surface area contributed by atoms with Crippen LogP contribution in [0, 0.1) is 5.41 Å². The van der Waals surface area contributed by atoms with Crippen molar-refractivity contribution < 1.29 is 45.0 Å². The van der Waals surface area contributed by atoms with E-state index >= 15 is 0 Å². The molecule has 0 aliphatic carbocycles. The lowest BCUT2D eigenvalue weighted by Gasteiger charge is -2.24. The fraction of sp³-hybridized carbons (Fsp3) is 0.300. The second-order valence-corrected chi connectivity index (χ2v) is 10.3. The van der Waals surface area contributed by atoms with Gasteiger partial charge in [-0.25, -0.2) is 0 Å². The number of benzene rings is 3. The van der Waals surface area contributed by atoms with Gasteiger partial charge in [0.2, 0.25) is 0 Å². The molecule has 3 rings (SSSR count). The molecule has 0 spiro atoms. The third-order valence-corrected chi connectivity index (χ3v) is 7.36. The summed E-state index contributed by atoms with van der Waals surface area (Å²) < 4.78 is 0. The van der Waals surface area contributed by atoms with Crippen molar-refractivity contribution in [3.63, 3.8) is 0 Å². The predicted molar refractivity (Wildman–Crippen MR) is 171 cm³/mol. The number of aliphatic carboxylic acids is 3. The second kappa shape index (κ2) is 21.7. The molecule has 9 nitrogen and oxygen atoms in total. The number of carbonyl (C=O) groups is 3. The van der Waals surface area contributed by atoms with Crippen LogP contribution in [0.1, 0.15) is 45.8 Å². The standard InChI is InChI=1S/3C8H8O2S.C6H14O3/c3*9-8(10)7(11)6-4-2-1-3-5-6;1-2-6(3-7,4-8)5-9/h3*1-5,7,11H,(H,9,10);7-9H,2-5H2,1H3. The van der Waals surface area contributed by atoms with Crippen LogP contribution in [-0.2, 0) is 14.4 Å². The van der Waals surface area contributed by atoms with Crippen molar-refractivity contribution in [2.75, 3.05) is 19.8 Å². The second-order valence-electron chi connectivity index (χ2n) is 8.78. The monoisotopic (exact) mass is 638 g/mol. The number of rotatable bonds is 10. The van der Waals surface area contributed by atoms with Crippen molar-refractivity contribution in [3.8, 4) is 0 Å². The van der Waals surface area contributed by atoms with E-state index in [4.69, 9.17) is 30.6 Å². The molecule has 0 amide bonds. The van der Waals surface area contributed by atoms with Gasteiger partial charge >= 0.3 is 17.9 Å². The molecule has 0 aliphatic rings. The molecule has 0 saturated carbocycles. The Morgan fingerprint density at radius 3 is 0.881 bits per heavy atom. The van der Waals surface area contributed by atoms with Gasteiger partial charge in [-0.1, -0.05) is 97.9 Å². The number of aliphatic hydroxyl groups excluding tert-OH is 3. The molecule has 0 saturated heterocycles. The molecule has 0 bridgehead atoms. The fourth-order valence-electron chi connectivity index (χ4n) is 2.82. The lowest BCUT2D eigenvalue weighted by molar-refractivity contribution is -0.137. The highest BCUT2D eigenvalue weighted by molar-refractivity contribution is 7.81. The van der Waals surface area contributed by atoms with Gasteiger partial charge in [0.25, 0.3) is 0 Å². The van der Waals surface area contributed by atoms with Gasteiger partial charge in [0.1, 0.15) is 15.7 Å². The molecule has 12 heteroatoms. The summed E-state index contributed by atoms with van der Waals surface area (Å²) >= 11 is 11.7. The summed E-state index contributed by atoms with van der Waals surface area (Å²) in [6, 6.07) is 26.7. The van der Waals surface area contributed by atoms with E-state index in [-0.39, 0.29) is 19.8 Å². The minimum Gasteiger partial charge on any atom is -0.480 e. The van der Waals surface area contributed by atoms with Gasteiger partial charge in [0, 0.05) is 5.41 Å². The number of hydrogen-bond donors (Lipinski definition) is 9. The average Bonchev–Trinajstić information content (AvgIpc) is 3.03. The van der Waals surface area contributed by atoms with Crippen LogP contribution < -0.4 is 0 Å². The molecule has 6 N–H and O–H groups in total. The quantitative estimate of drug-likeness (QED) is 0.144. The highest BCUT2D eigenvalue weighted by Crippen LogP contribution is 2.20. The van der Waals surface area contributed by atoms with Crippen LogP contribution in [0.5, 0.6) is 0 Å².